The van der Waals surface area contributed by atoms with E-state index in [0.717, 1.165) is 25.7 Å². The van der Waals surface area contributed by atoms with Gasteiger partial charge in [0.2, 0.25) is 0 Å². The van der Waals surface area contributed by atoms with Crippen molar-refractivity contribution < 1.29 is 13.9 Å². The minimum atomic E-state index is -0.523. The number of ether oxygens (including phenoxy) is 1. The van der Waals surface area contributed by atoms with Crippen molar-refractivity contribution in [3.63, 3.8) is 0 Å². The molecule has 2 nitrogen and oxygen atoms in total. The van der Waals surface area contributed by atoms with Crippen LogP contribution in [0.15, 0.2) is 0 Å². The van der Waals surface area contributed by atoms with Gasteiger partial charge in [0.15, 0.2) is 0 Å². The van der Waals surface area contributed by atoms with Gasteiger partial charge in [-0.25, -0.2) is 0 Å². The fourth-order valence-corrected chi connectivity index (χ4v) is 2.40. The number of hydrogen-bond acceptors (Lipinski definition) is 2. The largest absolute Gasteiger partial charge is 0.469 e. The number of alkyl halides is 2. The summed E-state index contributed by atoms with van der Waals surface area (Å²) < 4.78 is 17.7. The molecule has 0 aliphatic rings. The topological polar surface area (TPSA) is 26.3 Å². The van der Waals surface area contributed by atoms with E-state index in [4.69, 9.17) is 16.3 Å². The molecule has 0 aromatic rings. The van der Waals surface area contributed by atoms with Gasteiger partial charge in [-0.3, -0.25) is 9.18 Å². The number of carbonyl (C=O) groups excluding carboxylic acids is 1. The van der Waals surface area contributed by atoms with Crippen LogP contribution in [0.4, 0.5) is 4.39 Å². The Morgan fingerprint density at radius 1 is 1.39 bits per heavy atom. The molecule has 0 rings (SSSR count). The molecule has 0 radical (unpaired) electrons. The first kappa shape index (κ1) is 17.7. The van der Waals surface area contributed by atoms with Crippen molar-refractivity contribution >= 4 is 17.6 Å². The summed E-state index contributed by atoms with van der Waals surface area (Å²) in [5.74, 6) is 0.394. The number of halogens is 2. The molecule has 0 bridgehead atoms. The Morgan fingerprint density at radius 2 is 2.06 bits per heavy atom. The number of rotatable bonds is 10. The van der Waals surface area contributed by atoms with Crippen molar-refractivity contribution in [1.29, 1.82) is 0 Å². The highest BCUT2D eigenvalue weighted by Crippen LogP contribution is 2.33. The number of methoxy groups -OCH3 is 1. The van der Waals surface area contributed by atoms with Crippen LogP contribution in [0.3, 0.4) is 0 Å². The van der Waals surface area contributed by atoms with Gasteiger partial charge in [0.1, 0.15) is 0 Å². The van der Waals surface area contributed by atoms with E-state index in [1.165, 1.54) is 7.11 Å². The van der Waals surface area contributed by atoms with Crippen LogP contribution >= 0.6 is 11.6 Å². The predicted octanol–water partition coefficient (Wildman–Crippen LogP) is 4.35. The van der Waals surface area contributed by atoms with Gasteiger partial charge in [-0.2, -0.15) is 0 Å². The monoisotopic (exact) mass is 280 g/mol. The van der Waals surface area contributed by atoms with E-state index < -0.39 is 5.41 Å². The predicted molar refractivity (Wildman–Crippen MR) is 73.7 cm³/mol. The molecule has 0 amide bonds. The second-order valence-corrected chi connectivity index (χ2v) is 5.57. The van der Waals surface area contributed by atoms with Gasteiger partial charge in [-0.05, 0) is 44.9 Å². The maximum atomic E-state index is 12.8. The lowest BCUT2D eigenvalue weighted by molar-refractivity contribution is -0.152. The van der Waals surface area contributed by atoms with E-state index in [1.54, 1.807) is 0 Å². The Morgan fingerprint density at radius 3 is 2.50 bits per heavy atom. The summed E-state index contributed by atoms with van der Waals surface area (Å²) in [5, 5.41) is 0. The van der Waals surface area contributed by atoms with Crippen LogP contribution in [-0.2, 0) is 9.53 Å². The summed E-state index contributed by atoms with van der Waals surface area (Å²) in [6.45, 7) is 3.64. The van der Waals surface area contributed by atoms with Crippen LogP contribution in [0.1, 0.15) is 52.4 Å². The zero-order valence-corrected chi connectivity index (χ0v) is 12.6. The molecule has 108 valence electrons. The van der Waals surface area contributed by atoms with E-state index in [2.05, 4.69) is 6.92 Å². The van der Waals surface area contributed by atoms with E-state index in [-0.39, 0.29) is 18.6 Å². The van der Waals surface area contributed by atoms with E-state index in [0.29, 0.717) is 18.7 Å². The minimum absolute atomic E-state index is 0.0648. The van der Waals surface area contributed by atoms with Gasteiger partial charge in [0.25, 0.3) is 0 Å². The average molecular weight is 281 g/mol. The van der Waals surface area contributed by atoms with Gasteiger partial charge in [0.05, 0.1) is 19.2 Å². The van der Waals surface area contributed by atoms with Crippen molar-refractivity contribution in [3.8, 4) is 0 Å². The quantitative estimate of drug-likeness (QED) is 0.439. The van der Waals surface area contributed by atoms with E-state index in [9.17, 15) is 9.18 Å². The first-order valence-corrected chi connectivity index (χ1v) is 7.27. The molecule has 0 aliphatic carbocycles. The number of carbonyl (C=O) groups is 1. The zero-order valence-electron chi connectivity index (χ0n) is 11.8. The molecule has 4 heteroatoms. The van der Waals surface area contributed by atoms with Crippen LogP contribution in [0.2, 0.25) is 0 Å². The summed E-state index contributed by atoms with van der Waals surface area (Å²) in [6.07, 6.45) is 4.74. The molecule has 2 unspecified atom stereocenters. The third-order valence-corrected chi connectivity index (χ3v) is 3.83. The lowest BCUT2D eigenvalue weighted by Crippen LogP contribution is -2.30. The highest BCUT2D eigenvalue weighted by atomic mass is 35.5. The Balaban J connectivity index is 4.43. The van der Waals surface area contributed by atoms with Crippen molar-refractivity contribution in [3.05, 3.63) is 0 Å². The Hall–Kier alpha value is -0.310. The number of hydrogen-bond donors (Lipinski definition) is 0. The molecule has 2 atom stereocenters. The van der Waals surface area contributed by atoms with Crippen LogP contribution in [0, 0.1) is 11.3 Å². The summed E-state index contributed by atoms with van der Waals surface area (Å²) in [6, 6.07) is 0. The molecular formula is C14H26ClFO2. The van der Waals surface area contributed by atoms with E-state index >= 15 is 0 Å². The Kier molecular flexibility index (Phi) is 9.43. The molecule has 0 fully saturated rings. The molecule has 0 aromatic carbocycles. The fraction of sp³-hybridized carbons (Fsp3) is 0.929. The first-order chi connectivity index (χ1) is 8.53. The fourth-order valence-electron chi connectivity index (χ4n) is 2.26. The maximum Gasteiger partial charge on any atom is 0.311 e. The third-order valence-electron chi connectivity index (χ3n) is 3.56. The van der Waals surface area contributed by atoms with Crippen molar-refractivity contribution in [2.45, 2.75) is 52.4 Å². The van der Waals surface area contributed by atoms with E-state index in [1.807, 2.05) is 6.92 Å². The number of esters is 1. The molecule has 0 saturated carbocycles. The minimum Gasteiger partial charge on any atom is -0.469 e. The Bertz CT molecular complexity index is 236. The summed E-state index contributed by atoms with van der Waals surface area (Å²) in [7, 11) is 1.40. The van der Waals surface area contributed by atoms with Gasteiger partial charge < -0.3 is 4.74 Å². The summed E-state index contributed by atoms with van der Waals surface area (Å²) >= 11 is 5.68. The highest BCUT2D eigenvalue weighted by molar-refractivity contribution is 6.17. The van der Waals surface area contributed by atoms with Crippen molar-refractivity contribution in [2.24, 2.45) is 11.3 Å². The zero-order chi connectivity index (χ0) is 14.0. The van der Waals surface area contributed by atoms with Gasteiger partial charge in [-0.1, -0.05) is 13.3 Å². The van der Waals surface area contributed by atoms with Crippen molar-refractivity contribution in [2.75, 3.05) is 19.7 Å². The molecular weight excluding hydrogens is 255 g/mol. The Labute approximate surface area is 115 Å². The molecule has 0 aromatic heterocycles. The van der Waals surface area contributed by atoms with Gasteiger partial charge >= 0.3 is 5.97 Å². The van der Waals surface area contributed by atoms with Gasteiger partial charge in [0, 0.05) is 5.88 Å². The highest BCUT2D eigenvalue weighted by Gasteiger charge is 2.34. The van der Waals surface area contributed by atoms with Crippen LogP contribution in [-0.4, -0.2) is 25.6 Å². The lowest BCUT2D eigenvalue weighted by Gasteiger charge is -2.28. The van der Waals surface area contributed by atoms with Crippen LogP contribution in [0.25, 0.3) is 0 Å². The lowest BCUT2D eigenvalue weighted by atomic mass is 9.79. The summed E-state index contributed by atoms with van der Waals surface area (Å²) in [4.78, 5) is 11.8. The average Bonchev–Trinajstić information content (AvgIpc) is 2.40. The third kappa shape index (κ3) is 6.03. The smallest absolute Gasteiger partial charge is 0.311 e. The maximum absolute atomic E-state index is 12.8. The SMILES string of the molecule is CCCC(CF)CCC(C)(CCCCl)C(=O)OC. The second kappa shape index (κ2) is 9.60. The van der Waals surface area contributed by atoms with Crippen molar-refractivity contribution in [1.82, 2.24) is 0 Å². The molecule has 0 spiro atoms. The van der Waals surface area contributed by atoms with Crippen LogP contribution in [0.5, 0.6) is 0 Å². The van der Waals surface area contributed by atoms with Crippen LogP contribution < -0.4 is 0 Å². The van der Waals surface area contributed by atoms with Gasteiger partial charge in [-0.15, -0.1) is 11.6 Å². The summed E-state index contributed by atoms with van der Waals surface area (Å²) in [5.41, 5.74) is -0.523. The standard InChI is InChI=1S/C14H26ClFO2/c1-4-6-12(11-16)7-9-14(2,8-5-10-15)13(17)18-3/h12H,4-11H2,1-3H3. The first-order valence-electron chi connectivity index (χ1n) is 6.74. The molecule has 0 aliphatic heterocycles. The normalized spacial score (nSPS) is 16.1. The second-order valence-electron chi connectivity index (χ2n) is 5.19. The molecule has 0 heterocycles. The molecule has 0 N–H and O–H groups in total. The molecule has 0 saturated heterocycles. The molecule has 18 heavy (non-hydrogen) atoms.